The van der Waals surface area contributed by atoms with E-state index in [1.807, 2.05) is 67.6 Å². The van der Waals surface area contributed by atoms with Gasteiger partial charge in [-0.2, -0.15) is 0 Å². The predicted octanol–water partition coefficient (Wildman–Crippen LogP) is 3.41. The Kier molecular flexibility index (Phi) is 6.39. The molecule has 2 aromatic carbocycles. The predicted molar refractivity (Wildman–Crippen MR) is 111 cm³/mol. The summed E-state index contributed by atoms with van der Waals surface area (Å²) in [4.78, 5) is 12.7. The molecule has 3 atom stereocenters. The first-order chi connectivity index (χ1) is 13.9. The number of carbonyl (C=O) groups excluding carboxylic acids is 1. The number of ether oxygens (including phenoxy) is 3. The molecular formula is C24H27NO4. The monoisotopic (exact) mass is 393 g/mol. The van der Waals surface area contributed by atoms with E-state index in [1.165, 1.54) is 0 Å². The fourth-order valence-corrected chi connectivity index (χ4v) is 3.57. The third-order valence-electron chi connectivity index (χ3n) is 4.85. The molecule has 0 spiro atoms. The maximum absolute atomic E-state index is 12.7. The van der Waals surface area contributed by atoms with Crippen molar-refractivity contribution in [2.45, 2.75) is 57.4 Å². The minimum absolute atomic E-state index is 0.268. The van der Waals surface area contributed by atoms with E-state index >= 15 is 0 Å². The summed E-state index contributed by atoms with van der Waals surface area (Å²) in [7, 11) is 0. The minimum Gasteiger partial charge on any atom is -0.367 e. The molecule has 152 valence electrons. The summed E-state index contributed by atoms with van der Waals surface area (Å²) in [5.74, 6) is 4.57. The third kappa shape index (κ3) is 4.68. The maximum atomic E-state index is 12.7. The van der Waals surface area contributed by atoms with E-state index in [-0.39, 0.29) is 6.61 Å². The zero-order chi connectivity index (χ0) is 20.9. The van der Waals surface area contributed by atoms with Crippen molar-refractivity contribution in [3.63, 3.8) is 0 Å². The number of nitrogens with two attached hydrogens (primary N) is 1. The highest BCUT2D eigenvalue weighted by atomic mass is 16.8. The van der Waals surface area contributed by atoms with Crippen LogP contribution in [0.5, 0.6) is 0 Å². The van der Waals surface area contributed by atoms with Crippen molar-refractivity contribution >= 4 is 5.91 Å². The Labute approximate surface area is 172 Å². The van der Waals surface area contributed by atoms with E-state index in [0.29, 0.717) is 6.42 Å². The second kappa shape index (κ2) is 8.79. The highest BCUT2D eigenvalue weighted by molar-refractivity contribution is 5.86. The standard InChI is InChI=1S/C24H27NO4/c1-4-20-24(22(25)26,29-23(2,3)28-20)21(16-15-18-11-7-5-8-12-18)27-17-19-13-9-6-10-14-19/h5-14,20-21H,4,17H2,1-3H3,(H2,25,26)/t20-,21-,24+/m1/s1. The van der Waals surface area contributed by atoms with Crippen LogP contribution in [0.25, 0.3) is 0 Å². The molecule has 3 rings (SSSR count). The molecule has 0 saturated carbocycles. The SMILES string of the molecule is CC[C@H]1OC(C)(C)O[C@]1(C(N)=O)[C@@H](C#Cc1ccccc1)OCc1ccccc1. The molecule has 0 bridgehead atoms. The van der Waals surface area contributed by atoms with E-state index in [4.69, 9.17) is 19.9 Å². The number of hydrogen-bond acceptors (Lipinski definition) is 4. The number of primary amides is 1. The molecule has 1 aliphatic heterocycles. The summed E-state index contributed by atoms with van der Waals surface area (Å²) in [6, 6.07) is 19.2. The molecule has 0 aromatic heterocycles. The summed E-state index contributed by atoms with van der Waals surface area (Å²) in [5, 5.41) is 0. The van der Waals surface area contributed by atoms with Crippen molar-refractivity contribution in [2.75, 3.05) is 0 Å². The summed E-state index contributed by atoms with van der Waals surface area (Å²) in [6.45, 7) is 5.72. The lowest BCUT2D eigenvalue weighted by Crippen LogP contribution is -2.60. The van der Waals surface area contributed by atoms with E-state index in [0.717, 1.165) is 11.1 Å². The van der Waals surface area contributed by atoms with Gasteiger partial charge < -0.3 is 19.9 Å². The zero-order valence-electron chi connectivity index (χ0n) is 17.1. The van der Waals surface area contributed by atoms with Gasteiger partial charge in [-0.1, -0.05) is 67.3 Å². The second-order valence-electron chi connectivity index (χ2n) is 7.49. The molecule has 5 nitrogen and oxygen atoms in total. The molecule has 2 N–H and O–H groups in total. The molecule has 1 saturated heterocycles. The highest BCUT2D eigenvalue weighted by Crippen LogP contribution is 2.41. The molecule has 2 aromatic rings. The van der Waals surface area contributed by atoms with Crippen LogP contribution >= 0.6 is 0 Å². The molecule has 1 amide bonds. The number of hydrogen-bond donors (Lipinski definition) is 1. The van der Waals surface area contributed by atoms with Crippen LogP contribution < -0.4 is 5.73 Å². The van der Waals surface area contributed by atoms with Gasteiger partial charge >= 0.3 is 0 Å². The van der Waals surface area contributed by atoms with Gasteiger partial charge in [-0.3, -0.25) is 4.79 Å². The largest absolute Gasteiger partial charge is 0.367 e. The smallest absolute Gasteiger partial charge is 0.256 e. The van der Waals surface area contributed by atoms with Crippen molar-refractivity contribution in [1.29, 1.82) is 0 Å². The van der Waals surface area contributed by atoms with Gasteiger partial charge in [-0.25, -0.2) is 0 Å². The summed E-state index contributed by atoms with van der Waals surface area (Å²) in [6.07, 6.45) is -0.933. The maximum Gasteiger partial charge on any atom is 0.256 e. The Hall–Kier alpha value is -2.65. The molecule has 5 heteroatoms. The zero-order valence-corrected chi connectivity index (χ0v) is 17.1. The minimum atomic E-state index is -1.51. The van der Waals surface area contributed by atoms with Gasteiger partial charge in [-0.05, 0) is 38.0 Å². The molecule has 1 heterocycles. The number of carbonyl (C=O) groups is 1. The Balaban J connectivity index is 1.99. The van der Waals surface area contributed by atoms with Crippen LogP contribution in [0.15, 0.2) is 60.7 Å². The molecule has 29 heavy (non-hydrogen) atoms. The fraction of sp³-hybridized carbons (Fsp3) is 0.375. The molecule has 0 unspecified atom stereocenters. The first kappa shape index (κ1) is 21.1. The van der Waals surface area contributed by atoms with Crippen molar-refractivity contribution < 1.29 is 19.0 Å². The molecule has 1 fully saturated rings. The van der Waals surface area contributed by atoms with Crippen LogP contribution in [-0.2, 0) is 25.6 Å². The van der Waals surface area contributed by atoms with Gasteiger partial charge in [0.25, 0.3) is 5.91 Å². The van der Waals surface area contributed by atoms with E-state index in [1.54, 1.807) is 13.8 Å². The van der Waals surface area contributed by atoms with Crippen molar-refractivity contribution in [3.8, 4) is 11.8 Å². The lowest BCUT2D eigenvalue weighted by atomic mass is 9.87. The van der Waals surface area contributed by atoms with Crippen LogP contribution in [0.3, 0.4) is 0 Å². The summed E-state index contributed by atoms with van der Waals surface area (Å²) < 4.78 is 18.3. The first-order valence-electron chi connectivity index (χ1n) is 9.77. The number of rotatable bonds is 6. The Bertz CT molecular complexity index is 885. The first-order valence-corrected chi connectivity index (χ1v) is 9.77. The summed E-state index contributed by atoms with van der Waals surface area (Å²) in [5.41, 5.74) is 6.14. The van der Waals surface area contributed by atoms with Gasteiger partial charge in [-0.15, -0.1) is 0 Å². The molecular weight excluding hydrogens is 366 g/mol. The second-order valence-corrected chi connectivity index (χ2v) is 7.49. The molecule has 0 aliphatic carbocycles. The van der Waals surface area contributed by atoms with Crippen LogP contribution in [0.1, 0.15) is 38.3 Å². The highest BCUT2D eigenvalue weighted by Gasteiger charge is 2.61. The average Bonchev–Trinajstić information content (AvgIpc) is 3.01. The van der Waals surface area contributed by atoms with Gasteiger partial charge in [0, 0.05) is 5.56 Å². The quantitative estimate of drug-likeness (QED) is 0.764. The van der Waals surface area contributed by atoms with Crippen LogP contribution in [0.2, 0.25) is 0 Å². The Morgan fingerprint density at radius 1 is 1.14 bits per heavy atom. The Morgan fingerprint density at radius 3 is 2.34 bits per heavy atom. The lowest BCUT2D eigenvalue weighted by molar-refractivity contribution is -0.190. The summed E-state index contributed by atoms with van der Waals surface area (Å²) >= 11 is 0. The molecule has 1 aliphatic rings. The van der Waals surface area contributed by atoms with Gasteiger partial charge in [0.1, 0.15) is 6.10 Å². The van der Waals surface area contributed by atoms with Crippen LogP contribution in [0, 0.1) is 11.8 Å². The number of amides is 1. The van der Waals surface area contributed by atoms with E-state index < -0.39 is 29.5 Å². The topological polar surface area (TPSA) is 70.8 Å². The fourth-order valence-electron chi connectivity index (χ4n) is 3.57. The van der Waals surface area contributed by atoms with Gasteiger partial charge in [0.2, 0.25) is 5.60 Å². The van der Waals surface area contributed by atoms with Crippen molar-refractivity contribution in [3.05, 3.63) is 71.8 Å². The van der Waals surface area contributed by atoms with Crippen LogP contribution in [0.4, 0.5) is 0 Å². The lowest BCUT2D eigenvalue weighted by Gasteiger charge is -2.34. The van der Waals surface area contributed by atoms with E-state index in [9.17, 15) is 4.79 Å². The number of benzene rings is 2. The van der Waals surface area contributed by atoms with Gasteiger partial charge in [0.05, 0.1) is 6.61 Å². The van der Waals surface area contributed by atoms with Gasteiger partial charge in [0.15, 0.2) is 11.9 Å². The normalized spacial score (nSPS) is 23.8. The Morgan fingerprint density at radius 2 is 1.76 bits per heavy atom. The van der Waals surface area contributed by atoms with Crippen molar-refractivity contribution in [1.82, 2.24) is 0 Å². The average molecular weight is 393 g/mol. The molecule has 0 radical (unpaired) electrons. The van der Waals surface area contributed by atoms with E-state index in [2.05, 4.69) is 11.8 Å². The van der Waals surface area contributed by atoms with Crippen LogP contribution in [-0.4, -0.2) is 29.5 Å². The van der Waals surface area contributed by atoms with Crippen molar-refractivity contribution in [2.24, 2.45) is 5.73 Å². The third-order valence-corrected chi connectivity index (χ3v) is 4.85.